The lowest BCUT2D eigenvalue weighted by molar-refractivity contribution is -0.122. The van der Waals surface area contributed by atoms with Gasteiger partial charge in [-0.15, -0.1) is 0 Å². The van der Waals surface area contributed by atoms with Crippen molar-refractivity contribution in [3.05, 3.63) is 30.0 Å². The normalized spacial score (nSPS) is 15.8. The van der Waals surface area contributed by atoms with E-state index < -0.39 is 0 Å². The van der Waals surface area contributed by atoms with Crippen molar-refractivity contribution in [1.29, 1.82) is 0 Å². The standard InChI is InChI=1S/C16H21N3O/c1-12-6-7-13-11-17-19(15(13)10-12)9-8-16(20)18-14-4-2-3-5-14/h6-7,10-11,14H,2-5,8-9H2,1H3,(H,18,20). The molecule has 1 fully saturated rings. The van der Waals surface area contributed by atoms with Crippen LogP contribution in [0.4, 0.5) is 0 Å². The van der Waals surface area contributed by atoms with Gasteiger partial charge in [0.1, 0.15) is 0 Å². The van der Waals surface area contributed by atoms with E-state index in [1.165, 1.54) is 18.4 Å². The minimum atomic E-state index is 0.146. The van der Waals surface area contributed by atoms with Gasteiger partial charge in [-0.05, 0) is 31.4 Å². The van der Waals surface area contributed by atoms with Gasteiger partial charge in [-0.1, -0.05) is 25.0 Å². The molecule has 0 bridgehead atoms. The molecule has 4 heteroatoms. The van der Waals surface area contributed by atoms with Crippen molar-refractivity contribution in [3.63, 3.8) is 0 Å². The van der Waals surface area contributed by atoms with Gasteiger partial charge in [-0.3, -0.25) is 9.48 Å². The Labute approximate surface area is 119 Å². The molecule has 1 aliphatic carbocycles. The van der Waals surface area contributed by atoms with Crippen LogP contribution in [0.3, 0.4) is 0 Å². The highest BCUT2D eigenvalue weighted by atomic mass is 16.1. The van der Waals surface area contributed by atoms with Crippen LogP contribution in [0.1, 0.15) is 37.7 Å². The molecule has 2 aromatic rings. The summed E-state index contributed by atoms with van der Waals surface area (Å²) in [7, 11) is 0. The maximum atomic E-state index is 11.9. The average Bonchev–Trinajstić information content (AvgIpc) is 3.05. The number of aromatic nitrogens is 2. The van der Waals surface area contributed by atoms with Gasteiger partial charge in [0.25, 0.3) is 0 Å². The lowest BCUT2D eigenvalue weighted by atomic mass is 10.2. The quantitative estimate of drug-likeness (QED) is 0.929. The predicted molar refractivity (Wildman–Crippen MR) is 79.5 cm³/mol. The Morgan fingerprint density at radius 2 is 2.20 bits per heavy atom. The molecule has 3 rings (SSSR count). The zero-order chi connectivity index (χ0) is 13.9. The molecule has 1 heterocycles. The first-order chi connectivity index (χ1) is 9.72. The summed E-state index contributed by atoms with van der Waals surface area (Å²) in [5.74, 6) is 0.146. The van der Waals surface area contributed by atoms with Crippen molar-refractivity contribution in [3.8, 4) is 0 Å². The van der Waals surface area contributed by atoms with Crippen molar-refractivity contribution in [2.75, 3.05) is 0 Å². The topological polar surface area (TPSA) is 46.9 Å². The van der Waals surface area contributed by atoms with Crippen LogP contribution in [-0.4, -0.2) is 21.7 Å². The number of nitrogens with zero attached hydrogens (tertiary/aromatic N) is 2. The van der Waals surface area contributed by atoms with Gasteiger partial charge in [0, 0.05) is 17.8 Å². The number of benzene rings is 1. The molecule has 0 spiro atoms. The van der Waals surface area contributed by atoms with Gasteiger partial charge in [0.2, 0.25) is 5.91 Å². The second-order valence-electron chi connectivity index (χ2n) is 5.73. The van der Waals surface area contributed by atoms with E-state index >= 15 is 0 Å². The van der Waals surface area contributed by atoms with E-state index in [0.717, 1.165) is 23.7 Å². The van der Waals surface area contributed by atoms with Crippen LogP contribution in [0, 0.1) is 6.92 Å². The van der Waals surface area contributed by atoms with E-state index in [0.29, 0.717) is 19.0 Å². The second kappa shape index (κ2) is 5.65. The SMILES string of the molecule is Cc1ccc2cnn(CCC(=O)NC3CCCC3)c2c1. The molecule has 0 unspecified atom stereocenters. The molecular formula is C16H21N3O. The van der Waals surface area contributed by atoms with Crippen LogP contribution in [0.25, 0.3) is 10.9 Å². The molecule has 1 amide bonds. The van der Waals surface area contributed by atoms with Crippen LogP contribution < -0.4 is 5.32 Å². The van der Waals surface area contributed by atoms with Gasteiger partial charge in [-0.2, -0.15) is 5.10 Å². The summed E-state index contributed by atoms with van der Waals surface area (Å²) in [6.45, 7) is 2.72. The summed E-state index contributed by atoms with van der Waals surface area (Å²) in [5, 5.41) is 8.63. The summed E-state index contributed by atoms with van der Waals surface area (Å²) >= 11 is 0. The molecule has 1 aliphatic rings. The highest BCUT2D eigenvalue weighted by Crippen LogP contribution is 2.18. The van der Waals surface area contributed by atoms with Crippen molar-refractivity contribution in [2.45, 2.75) is 51.6 Å². The Hall–Kier alpha value is -1.84. The smallest absolute Gasteiger partial charge is 0.222 e. The number of nitrogens with one attached hydrogen (secondary N) is 1. The maximum Gasteiger partial charge on any atom is 0.222 e. The molecule has 0 aliphatic heterocycles. The minimum absolute atomic E-state index is 0.146. The lowest BCUT2D eigenvalue weighted by Crippen LogP contribution is -2.33. The highest BCUT2D eigenvalue weighted by molar-refractivity contribution is 5.80. The Morgan fingerprint density at radius 3 is 3.00 bits per heavy atom. The van der Waals surface area contributed by atoms with Gasteiger partial charge < -0.3 is 5.32 Å². The Bertz CT molecular complexity index is 611. The van der Waals surface area contributed by atoms with E-state index in [-0.39, 0.29) is 5.91 Å². The molecule has 0 radical (unpaired) electrons. The Morgan fingerprint density at radius 1 is 1.40 bits per heavy atom. The third-order valence-electron chi connectivity index (χ3n) is 4.07. The monoisotopic (exact) mass is 271 g/mol. The third kappa shape index (κ3) is 2.84. The number of fused-ring (bicyclic) bond motifs is 1. The fraction of sp³-hybridized carbons (Fsp3) is 0.500. The summed E-state index contributed by atoms with van der Waals surface area (Å²) in [5.41, 5.74) is 2.33. The predicted octanol–water partition coefficient (Wildman–Crippen LogP) is 2.79. The number of amides is 1. The van der Waals surface area contributed by atoms with Crippen molar-refractivity contribution in [2.24, 2.45) is 0 Å². The Balaban J connectivity index is 1.61. The number of carbonyl (C=O) groups excluding carboxylic acids is 1. The van der Waals surface area contributed by atoms with Crippen LogP contribution in [0.5, 0.6) is 0 Å². The van der Waals surface area contributed by atoms with Crippen LogP contribution in [-0.2, 0) is 11.3 Å². The third-order valence-corrected chi connectivity index (χ3v) is 4.07. The molecule has 4 nitrogen and oxygen atoms in total. The number of carbonyl (C=O) groups is 1. The molecule has 106 valence electrons. The summed E-state index contributed by atoms with van der Waals surface area (Å²) in [6.07, 6.45) is 7.12. The number of hydrogen-bond acceptors (Lipinski definition) is 2. The first-order valence-corrected chi connectivity index (χ1v) is 7.44. The zero-order valence-corrected chi connectivity index (χ0v) is 11.9. The lowest BCUT2D eigenvalue weighted by Gasteiger charge is -2.12. The zero-order valence-electron chi connectivity index (χ0n) is 11.9. The Kier molecular flexibility index (Phi) is 3.72. The van der Waals surface area contributed by atoms with Crippen LogP contribution in [0.15, 0.2) is 24.4 Å². The fourth-order valence-electron chi connectivity index (χ4n) is 2.94. The van der Waals surface area contributed by atoms with E-state index in [1.54, 1.807) is 0 Å². The van der Waals surface area contributed by atoms with Gasteiger partial charge >= 0.3 is 0 Å². The van der Waals surface area contributed by atoms with Crippen LogP contribution in [0.2, 0.25) is 0 Å². The van der Waals surface area contributed by atoms with E-state index in [1.807, 2.05) is 10.9 Å². The molecule has 1 saturated carbocycles. The van der Waals surface area contributed by atoms with E-state index in [9.17, 15) is 4.79 Å². The summed E-state index contributed by atoms with van der Waals surface area (Å²) in [4.78, 5) is 11.9. The molecule has 1 N–H and O–H groups in total. The molecular weight excluding hydrogens is 250 g/mol. The maximum absolute atomic E-state index is 11.9. The van der Waals surface area contributed by atoms with Gasteiger partial charge in [0.05, 0.1) is 18.3 Å². The molecule has 1 aromatic carbocycles. The minimum Gasteiger partial charge on any atom is -0.353 e. The number of hydrogen-bond donors (Lipinski definition) is 1. The molecule has 0 atom stereocenters. The van der Waals surface area contributed by atoms with E-state index in [4.69, 9.17) is 0 Å². The second-order valence-corrected chi connectivity index (χ2v) is 5.73. The number of rotatable bonds is 4. The summed E-state index contributed by atoms with van der Waals surface area (Å²) in [6, 6.07) is 6.68. The first kappa shape index (κ1) is 13.2. The fourth-order valence-corrected chi connectivity index (χ4v) is 2.94. The molecule has 1 aromatic heterocycles. The van der Waals surface area contributed by atoms with Crippen molar-refractivity contribution < 1.29 is 4.79 Å². The number of aryl methyl sites for hydroxylation is 2. The van der Waals surface area contributed by atoms with E-state index in [2.05, 4.69) is 35.5 Å². The largest absolute Gasteiger partial charge is 0.353 e. The van der Waals surface area contributed by atoms with Gasteiger partial charge in [-0.25, -0.2) is 0 Å². The molecule has 20 heavy (non-hydrogen) atoms. The van der Waals surface area contributed by atoms with Crippen LogP contribution >= 0.6 is 0 Å². The van der Waals surface area contributed by atoms with Crippen molar-refractivity contribution in [1.82, 2.24) is 15.1 Å². The first-order valence-electron chi connectivity index (χ1n) is 7.44. The van der Waals surface area contributed by atoms with Crippen molar-refractivity contribution >= 4 is 16.8 Å². The van der Waals surface area contributed by atoms with Gasteiger partial charge in [0.15, 0.2) is 0 Å². The highest BCUT2D eigenvalue weighted by Gasteiger charge is 2.17. The summed E-state index contributed by atoms with van der Waals surface area (Å²) < 4.78 is 1.93. The average molecular weight is 271 g/mol. The molecule has 0 saturated heterocycles.